The summed E-state index contributed by atoms with van der Waals surface area (Å²) in [5.74, 6) is 2.25. The smallest absolute Gasteiger partial charge is 0.271 e. The van der Waals surface area contributed by atoms with E-state index in [2.05, 4.69) is 4.99 Å². The fraction of sp³-hybridized carbons (Fsp3) is 0.263. The van der Waals surface area contributed by atoms with Crippen molar-refractivity contribution in [1.82, 2.24) is 4.57 Å². The van der Waals surface area contributed by atoms with Crippen LogP contribution in [0.4, 0.5) is 5.69 Å². The summed E-state index contributed by atoms with van der Waals surface area (Å²) in [6.45, 7) is 0.789. The van der Waals surface area contributed by atoms with E-state index in [-0.39, 0.29) is 5.56 Å². The van der Waals surface area contributed by atoms with Crippen LogP contribution in [0.2, 0.25) is 0 Å². The zero-order chi connectivity index (χ0) is 19.7. The van der Waals surface area contributed by atoms with Crippen LogP contribution in [-0.4, -0.2) is 32.6 Å². The minimum Gasteiger partial charge on any atom is -0.493 e. The third-order valence-corrected chi connectivity index (χ3v) is 5.45. The average molecular weight is 401 g/mol. The van der Waals surface area contributed by atoms with Gasteiger partial charge in [-0.3, -0.25) is 9.36 Å². The first kappa shape index (κ1) is 18.2. The lowest BCUT2D eigenvalue weighted by atomic mass is 10.2. The maximum Gasteiger partial charge on any atom is 0.271 e. The number of rotatable bonds is 5. The van der Waals surface area contributed by atoms with E-state index < -0.39 is 0 Å². The van der Waals surface area contributed by atoms with Crippen molar-refractivity contribution in [2.75, 3.05) is 32.9 Å². The van der Waals surface area contributed by atoms with Gasteiger partial charge < -0.3 is 23.5 Å². The van der Waals surface area contributed by atoms with Crippen molar-refractivity contribution in [1.29, 1.82) is 0 Å². The molecule has 0 saturated carbocycles. The van der Waals surface area contributed by atoms with Gasteiger partial charge in [-0.05, 0) is 12.1 Å². The van der Waals surface area contributed by atoms with Crippen molar-refractivity contribution in [2.24, 2.45) is 4.99 Å². The Labute approximate surface area is 164 Å². The van der Waals surface area contributed by atoms with E-state index in [9.17, 15) is 4.79 Å². The minimum atomic E-state index is -0.0997. The number of furan rings is 1. The minimum absolute atomic E-state index is 0.0997. The average Bonchev–Trinajstić information content (AvgIpc) is 3.35. The van der Waals surface area contributed by atoms with E-state index in [4.69, 9.17) is 18.6 Å². The van der Waals surface area contributed by atoms with Crippen LogP contribution in [0.5, 0.6) is 17.2 Å². The van der Waals surface area contributed by atoms with Crippen LogP contribution in [-0.2, 0) is 6.67 Å². The van der Waals surface area contributed by atoms with Crippen molar-refractivity contribution in [3.63, 3.8) is 0 Å². The number of aromatic nitrogens is 1. The first-order valence-electron chi connectivity index (χ1n) is 8.49. The topological polar surface area (TPSA) is 78.4 Å². The Bertz CT molecular complexity index is 1140. The SMILES string of the molecule is COc1cc(N2CN=c3s/c(=C\c4ccco4)c(=O)n3C2)cc(OC)c1OC. The van der Waals surface area contributed by atoms with Crippen molar-refractivity contribution in [2.45, 2.75) is 6.67 Å². The van der Waals surface area contributed by atoms with Gasteiger partial charge in [0.2, 0.25) is 5.75 Å². The summed E-state index contributed by atoms with van der Waals surface area (Å²) in [6.07, 6.45) is 3.31. The molecule has 2 aromatic heterocycles. The number of ether oxygens (including phenoxy) is 3. The molecule has 0 saturated heterocycles. The molecule has 0 bridgehead atoms. The first-order chi connectivity index (χ1) is 13.6. The highest BCUT2D eigenvalue weighted by molar-refractivity contribution is 7.07. The summed E-state index contributed by atoms with van der Waals surface area (Å²) in [5, 5.41) is 0. The third kappa shape index (κ3) is 3.13. The molecule has 9 heteroatoms. The van der Waals surface area contributed by atoms with Crippen LogP contribution < -0.4 is 34.0 Å². The number of nitrogens with zero attached hydrogens (tertiary/aromatic N) is 3. The van der Waals surface area contributed by atoms with Gasteiger partial charge in [0.15, 0.2) is 16.3 Å². The van der Waals surface area contributed by atoms with Crippen LogP contribution in [0.25, 0.3) is 6.08 Å². The van der Waals surface area contributed by atoms with Gasteiger partial charge in [-0.2, -0.15) is 0 Å². The lowest BCUT2D eigenvalue weighted by Crippen LogP contribution is -2.42. The van der Waals surface area contributed by atoms with Gasteiger partial charge in [-0.15, -0.1) is 0 Å². The van der Waals surface area contributed by atoms with E-state index in [0.717, 1.165) is 5.69 Å². The van der Waals surface area contributed by atoms with E-state index in [0.29, 0.717) is 45.7 Å². The van der Waals surface area contributed by atoms with Gasteiger partial charge in [0.05, 0.1) is 32.1 Å². The van der Waals surface area contributed by atoms with E-state index >= 15 is 0 Å². The van der Waals surface area contributed by atoms with Crippen LogP contribution in [0.1, 0.15) is 5.76 Å². The van der Waals surface area contributed by atoms with Crippen LogP contribution in [0.3, 0.4) is 0 Å². The molecule has 0 amide bonds. The Morgan fingerprint density at radius 3 is 2.54 bits per heavy atom. The van der Waals surface area contributed by atoms with E-state index in [1.54, 1.807) is 44.3 Å². The third-order valence-electron chi connectivity index (χ3n) is 4.41. The molecule has 1 aliphatic rings. The van der Waals surface area contributed by atoms with Crippen molar-refractivity contribution >= 4 is 23.1 Å². The normalized spacial score (nSPS) is 13.8. The summed E-state index contributed by atoms with van der Waals surface area (Å²) in [6, 6.07) is 7.28. The predicted octanol–water partition coefficient (Wildman–Crippen LogP) is 1.41. The molecule has 1 aromatic carbocycles. The lowest BCUT2D eigenvalue weighted by Gasteiger charge is -2.27. The highest BCUT2D eigenvalue weighted by atomic mass is 32.1. The fourth-order valence-corrected chi connectivity index (χ4v) is 3.97. The molecule has 0 N–H and O–H groups in total. The lowest BCUT2D eigenvalue weighted by molar-refractivity contribution is 0.324. The maximum atomic E-state index is 12.8. The summed E-state index contributed by atoms with van der Waals surface area (Å²) in [5.41, 5.74) is 0.718. The summed E-state index contributed by atoms with van der Waals surface area (Å²) in [7, 11) is 4.70. The highest BCUT2D eigenvalue weighted by Crippen LogP contribution is 2.41. The number of hydrogen-bond acceptors (Lipinski definition) is 8. The van der Waals surface area contributed by atoms with E-state index in [1.165, 1.54) is 11.3 Å². The number of methoxy groups -OCH3 is 3. The highest BCUT2D eigenvalue weighted by Gasteiger charge is 2.20. The second-order valence-electron chi connectivity index (χ2n) is 6.01. The zero-order valence-corrected chi connectivity index (χ0v) is 16.5. The Morgan fingerprint density at radius 1 is 1.18 bits per heavy atom. The predicted molar refractivity (Wildman–Crippen MR) is 105 cm³/mol. The second-order valence-corrected chi connectivity index (χ2v) is 7.02. The van der Waals surface area contributed by atoms with Crippen molar-refractivity contribution in [3.8, 4) is 17.2 Å². The van der Waals surface area contributed by atoms with Crippen LogP contribution >= 0.6 is 11.3 Å². The summed E-state index contributed by atoms with van der Waals surface area (Å²) >= 11 is 1.35. The van der Waals surface area contributed by atoms with Crippen molar-refractivity contribution in [3.05, 3.63) is 56.0 Å². The van der Waals surface area contributed by atoms with Gasteiger partial charge in [-0.25, -0.2) is 4.99 Å². The Balaban J connectivity index is 1.72. The van der Waals surface area contributed by atoms with Gasteiger partial charge >= 0.3 is 0 Å². The molecule has 4 rings (SSSR count). The van der Waals surface area contributed by atoms with Crippen molar-refractivity contribution < 1.29 is 18.6 Å². The van der Waals surface area contributed by atoms with E-state index in [1.807, 2.05) is 23.1 Å². The van der Waals surface area contributed by atoms with Crippen LogP contribution in [0, 0.1) is 0 Å². The number of benzene rings is 1. The molecule has 28 heavy (non-hydrogen) atoms. The Hall–Kier alpha value is -3.20. The first-order valence-corrected chi connectivity index (χ1v) is 9.30. The Morgan fingerprint density at radius 2 is 1.93 bits per heavy atom. The standard InChI is InChI=1S/C19H19N3O5S/c1-24-14-7-12(8-15(25-2)17(14)26-3)21-10-20-19-22(11-21)18(23)16(28-19)9-13-5-4-6-27-13/h4-9H,10-11H2,1-3H3/b16-9-. The molecular formula is C19H19N3O5S. The molecular weight excluding hydrogens is 382 g/mol. The molecule has 0 radical (unpaired) electrons. The molecule has 0 unspecified atom stereocenters. The summed E-state index contributed by atoms with van der Waals surface area (Å²) in [4.78, 5) is 20.0. The summed E-state index contributed by atoms with van der Waals surface area (Å²) < 4.78 is 23.8. The van der Waals surface area contributed by atoms with Crippen LogP contribution in [0.15, 0.2) is 44.7 Å². The maximum absolute atomic E-state index is 12.8. The molecule has 3 heterocycles. The molecule has 0 fully saturated rings. The molecule has 1 aliphatic heterocycles. The number of fused-ring (bicyclic) bond motifs is 1. The molecule has 0 spiro atoms. The van der Waals surface area contributed by atoms with Gasteiger partial charge in [0, 0.05) is 23.9 Å². The van der Waals surface area contributed by atoms with Gasteiger partial charge in [0.25, 0.3) is 5.56 Å². The number of thiazole rings is 1. The molecule has 0 aliphatic carbocycles. The zero-order valence-electron chi connectivity index (χ0n) is 15.7. The Kier molecular flexibility index (Phi) is 4.82. The molecule has 3 aromatic rings. The second kappa shape index (κ2) is 7.43. The monoisotopic (exact) mass is 401 g/mol. The van der Waals surface area contributed by atoms with Gasteiger partial charge in [0.1, 0.15) is 19.1 Å². The number of hydrogen-bond donors (Lipinski definition) is 0. The quantitative estimate of drug-likeness (QED) is 0.643. The molecule has 8 nitrogen and oxygen atoms in total. The fourth-order valence-electron chi connectivity index (χ4n) is 3.03. The van der Waals surface area contributed by atoms with Gasteiger partial charge in [-0.1, -0.05) is 11.3 Å². The molecule has 146 valence electrons. The number of anilines is 1. The largest absolute Gasteiger partial charge is 0.493 e. The molecule has 0 atom stereocenters.